The lowest BCUT2D eigenvalue weighted by Gasteiger charge is -2.08. The molecule has 2 N–H and O–H groups in total. The highest BCUT2D eigenvalue weighted by molar-refractivity contribution is 7.17. The summed E-state index contributed by atoms with van der Waals surface area (Å²) in [6.45, 7) is 4.25. The van der Waals surface area contributed by atoms with Crippen LogP contribution in [0.1, 0.15) is 79.1 Å². The van der Waals surface area contributed by atoms with Gasteiger partial charge in [-0.2, -0.15) is 0 Å². The molecule has 0 unspecified atom stereocenters. The Morgan fingerprint density at radius 2 is 1.74 bits per heavy atom. The van der Waals surface area contributed by atoms with Gasteiger partial charge >= 0.3 is 11.9 Å². The zero-order chi connectivity index (χ0) is 22.7. The van der Waals surface area contributed by atoms with Gasteiger partial charge in [0.1, 0.15) is 10.7 Å². The van der Waals surface area contributed by atoms with Gasteiger partial charge < -0.3 is 19.8 Å². The number of hydrogen-bond donors (Lipinski definition) is 2. The van der Waals surface area contributed by atoms with Crippen LogP contribution in [0, 0.1) is 13.8 Å². The number of aryl methyl sites for hydroxylation is 2. The van der Waals surface area contributed by atoms with E-state index < -0.39 is 24.5 Å². The first kappa shape index (κ1) is 22.7. The van der Waals surface area contributed by atoms with Crippen LogP contribution in [0.4, 0.5) is 5.00 Å². The van der Waals surface area contributed by atoms with Crippen molar-refractivity contribution >= 4 is 40.0 Å². The molecule has 2 heterocycles. The van der Waals surface area contributed by atoms with Gasteiger partial charge in [0.05, 0.1) is 12.7 Å². The van der Waals surface area contributed by atoms with E-state index in [0.717, 1.165) is 42.5 Å². The van der Waals surface area contributed by atoms with Crippen LogP contribution in [0.25, 0.3) is 0 Å². The molecule has 9 heteroatoms. The molecule has 3 rings (SSSR count). The average molecular weight is 447 g/mol. The molecule has 0 atom stereocenters. The number of aromatic amines is 1. The topological polar surface area (TPSA) is 115 Å². The maximum absolute atomic E-state index is 12.5. The maximum atomic E-state index is 12.5. The normalized spacial score (nSPS) is 13.2. The summed E-state index contributed by atoms with van der Waals surface area (Å²) in [6, 6.07) is 0. The predicted molar refractivity (Wildman–Crippen MR) is 116 cm³/mol. The SMILES string of the molecule is COC(=O)c1c(NC(=O)COC(=O)c2[nH]c(C)c(C(C)=O)c2C)sc2c1CCCCC2. The molecule has 0 bridgehead atoms. The Kier molecular flexibility index (Phi) is 6.94. The molecule has 0 spiro atoms. The highest BCUT2D eigenvalue weighted by atomic mass is 32.1. The number of H-pyrrole nitrogens is 1. The third-order valence-electron chi connectivity index (χ3n) is 5.39. The van der Waals surface area contributed by atoms with Gasteiger partial charge in [0.15, 0.2) is 12.4 Å². The van der Waals surface area contributed by atoms with E-state index in [-0.39, 0.29) is 11.5 Å². The van der Waals surface area contributed by atoms with E-state index >= 15 is 0 Å². The van der Waals surface area contributed by atoms with Crippen LogP contribution < -0.4 is 5.32 Å². The maximum Gasteiger partial charge on any atom is 0.355 e. The van der Waals surface area contributed by atoms with Gasteiger partial charge in [-0.25, -0.2) is 9.59 Å². The minimum absolute atomic E-state index is 0.147. The van der Waals surface area contributed by atoms with Crippen molar-refractivity contribution < 1.29 is 28.7 Å². The minimum atomic E-state index is -0.724. The van der Waals surface area contributed by atoms with Crippen LogP contribution in [0.3, 0.4) is 0 Å². The number of methoxy groups -OCH3 is 1. The Hall–Kier alpha value is -2.94. The number of hydrogen-bond acceptors (Lipinski definition) is 7. The molecule has 0 aromatic carbocycles. The molecule has 1 aliphatic carbocycles. The number of anilines is 1. The molecule has 0 fully saturated rings. The number of Topliss-reactive ketones (excluding diaryl/α,β-unsaturated/α-hetero) is 1. The number of carbonyl (C=O) groups excluding carboxylic acids is 4. The average Bonchev–Trinajstić information content (AvgIpc) is 3.11. The summed E-state index contributed by atoms with van der Waals surface area (Å²) in [5, 5.41) is 3.12. The Balaban J connectivity index is 1.72. The van der Waals surface area contributed by atoms with Gasteiger partial charge in [-0.05, 0) is 57.6 Å². The molecule has 0 saturated carbocycles. The number of ether oxygens (including phenoxy) is 2. The fourth-order valence-electron chi connectivity index (χ4n) is 4.00. The van der Waals surface area contributed by atoms with Gasteiger partial charge in [0.25, 0.3) is 5.91 Å². The molecule has 1 aliphatic rings. The summed E-state index contributed by atoms with van der Waals surface area (Å²) >= 11 is 1.37. The number of aromatic nitrogens is 1. The Morgan fingerprint density at radius 1 is 1.03 bits per heavy atom. The number of amides is 1. The summed E-state index contributed by atoms with van der Waals surface area (Å²) in [5.74, 6) is -1.92. The molecule has 2 aromatic heterocycles. The first-order valence-corrected chi connectivity index (χ1v) is 11.0. The molecule has 0 radical (unpaired) electrons. The summed E-state index contributed by atoms with van der Waals surface area (Å²) in [7, 11) is 1.31. The largest absolute Gasteiger partial charge is 0.465 e. The number of thiophene rings is 1. The van der Waals surface area contributed by atoms with Crippen LogP contribution in [0.2, 0.25) is 0 Å². The van der Waals surface area contributed by atoms with Crippen LogP contribution in [-0.4, -0.2) is 42.3 Å². The fraction of sp³-hybridized carbons (Fsp3) is 0.455. The highest BCUT2D eigenvalue weighted by Crippen LogP contribution is 2.37. The molecule has 1 amide bonds. The second kappa shape index (κ2) is 9.47. The second-order valence-electron chi connectivity index (χ2n) is 7.57. The van der Waals surface area contributed by atoms with Gasteiger partial charge in [0, 0.05) is 16.1 Å². The summed E-state index contributed by atoms with van der Waals surface area (Å²) in [6.07, 6.45) is 4.75. The molecular formula is C22H26N2O6S. The molecule has 2 aromatic rings. The first-order valence-electron chi connectivity index (χ1n) is 10.1. The third-order valence-corrected chi connectivity index (χ3v) is 6.60. The van der Waals surface area contributed by atoms with Crippen LogP contribution >= 0.6 is 11.3 Å². The van der Waals surface area contributed by atoms with E-state index in [1.54, 1.807) is 13.8 Å². The minimum Gasteiger partial charge on any atom is -0.465 e. The number of rotatable bonds is 6. The van der Waals surface area contributed by atoms with E-state index in [2.05, 4.69) is 10.3 Å². The summed E-state index contributed by atoms with van der Waals surface area (Å²) < 4.78 is 10.1. The van der Waals surface area contributed by atoms with Crippen molar-refractivity contribution in [3.8, 4) is 0 Å². The third kappa shape index (κ3) is 4.71. The highest BCUT2D eigenvalue weighted by Gasteiger charge is 2.27. The monoisotopic (exact) mass is 446 g/mol. The van der Waals surface area contributed by atoms with Crippen LogP contribution in [0.15, 0.2) is 0 Å². The molecule has 31 heavy (non-hydrogen) atoms. The number of esters is 2. The lowest BCUT2D eigenvalue weighted by Crippen LogP contribution is -2.22. The quantitative estimate of drug-likeness (QED) is 0.397. The standard InChI is InChI=1S/C22H26N2O6S/c1-11-17(13(3)25)12(2)23-19(11)22(28)30-10-16(26)24-20-18(21(27)29-4)14-8-6-5-7-9-15(14)31-20/h23H,5-10H2,1-4H3,(H,24,26). The summed E-state index contributed by atoms with van der Waals surface area (Å²) in [4.78, 5) is 52.9. The number of nitrogens with one attached hydrogen (secondary N) is 2. The lowest BCUT2D eigenvalue weighted by atomic mass is 10.1. The van der Waals surface area contributed by atoms with E-state index in [9.17, 15) is 19.2 Å². The van der Waals surface area contributed by atoms with Crippen LogP contribution in [-0.2, 0) is 27.1 Å². The van der Waals surface area contributed by atoms with Crippen molar-refractivity contribution in [3.63, 3.8) is 0 Å². The molecule has 166 valence electrons. The first-order chi connectivity index (χ1) is 14.7. The Bertz CT molecular complexity index is 1050. The predicted octanol–water partition coefficient (Wildman–Crippen LogP) is 3.75. The molecular weight excluding hydrogens is 420 g/mol. The van der Waals surface area contributed by atoms with E-state index in [4.69, 9.17) is 9.47 Å². The molecule has 0 aliphatic heterocycles. The van der Waals surface area contributed by atoms with Crippen molar-refractivity contribution in [2.24, 2.45) is 0 Å². The second-order valence-corrected chi connectivity index (χ2v) is 8.67. The van der Waals surface area contributed by atoms with E-state index in [1.165, 1.54) is 25.4 Å². The van der Waals surface area contributed by atoms with Gasteiger partial charge in [0.2, 0.25) is 0 Å². The van der Waals surface area contributed by atoms with Crippen molar-refractivity contribution in [2.45, 2.75) is 52.9 Å². The lowest BCUT2D eigenvalue weighted by molar-refractivity contribution is -0.119. The number of fused-ring (bicyclic) bond motifs is 1. The van der Waals surface area contributed by atoms with Crippen molar-refractivity contribution in [1.29, 1.82) is 0 Å². The molecule has 0 saturated heterocycles. The zero-order valence-corrected chi connectivity index (χ0v) is 18.9. The van der Waals surface area contributed by atoms with E-state index in [1.807, 2.05) is 0 Å². The fourth-order valence-corrected chi connectivity index (χ4v) is 5.29. The van der Waals surface area contributed by atoms with Crippen molar-refractivity contribution in [1.82, 2.24) is 4.98 Å². The van der Waals surface area contributed by atoms with Gasteiger partial charge in [-0.3, -0.25) is 9.59 Å². The van der Waals surface area contributed by atoms with Crippen molar-refractivity contribution in [3.05, 3.63) is 38.5 Å². The Labute approximate surface area is 184 Å². The van der Waals surface area contributed by atoms with Crippen molar-refractivity contribution in [2.75, 3.05) is 19.0 Å². The van der Waals surface area contributed by atoms with Crippen LogP contribution in [0.5, 0.6) is 0 Å². The van der Waals surface area contributed by atoms with Gasteiger partial charge in [-0.1, -0.05) is 6.42 Å². The Morgan fingerprint density at radius 3 is 2.39 bits per heavy atom. The van der Waals surface area contributed by atoms with E-state index in [0.29, 0.717) is 27.4 Å². The number of ketones is 1. The zero-order valence-electron chi connectivity index (χ0n) is 18.1. The molecule has 8 nitrogen and oxygen atoms in total. The smallest absolute Gasteiger partial charge is 0.355 e. The summed E-state index contributed by atoms with van der Waals surface area (Å²) in [5.41, 5.74) is 2.99. The number of carbonyl (C=O) groups is 4. The van der Waals surface area contributed by atoms with Gasteiger partial charge in [-0.15, -0.1) is 11.3 Å².